The van der Waals surface area contributed by atoms with E-state index in [9.17, 15) is 14.4 Å². The van der Waals surface area contributed by atoms with Crippen molar-refractivity contribution in [3.63, 3.8) is 0 Å². The lowest BCUT2D eigenvalue weighted by Gasteiger charge is -2.08. The average molecular weight is 316 g/mol. The van der Waals surface area contributed by atoms with Crippen LogP contribution < -0.4 is 10.9 Å². The topological polar surface area (TPSA) is 97.6 Å². The van der Waals surface area contributed by atoms with Gasteiger partial charge in [0.25, 0.3) is 5.91 Å². The minimum atomic E-state index is -0.664. The molecule has 1 aromatic heterocycles. The van der Waals surface area contributed by atoms with E-state index >= 15 is 0 Å². The van der Waals surface area contributed by atoms with Crippen molar-refractivity contribution in [2.24, 2.45) is 0 Å². The molecule has 0 aliphatic heterocycles. The summed E-state index contributed by atoms with van der Waals surface area (Å²) in [7, 11) is 0. The molecule has 7 heteroatoms. The molecular formula is C16H16N2O5. The SMILES string of the molecule is Cc1cc(C)cc(C(=O)OCC(=O)NNC(=O)c2ccco2)c1. The maximum Gasteiger partial charge on any atom is 0.338 e. The van der Waals surface area contributed by atoms with Crippen LogP contribution in [-0.4, -0.2) is 24.4 Å². The van der Waals surface area contributed by atoms with Crippen LogP contribution in [-0.2, 0) is 9.53 Å². The monoisotopic (exact) mass is 316 g/mol. The molecule has 0 atom stereocenters. The van der Waals surface area contributed by atoms with Crippen molar-refractivity contribution in [3.05, 3.63) is 59.0 Å². The molecule has 2 rings (SSSR count). The molecule has 2 N–H and O–H groups in total. The smallest absolute Gasteiger partial charge is 0.338 e. The van der Waals surface area contributed by atoms with E-state index in [1.54, 1.807) is 18.2 Å². The first kappa shape index (κ1) is 16.3. The van der Waals surface area contributed by atoms with Crippen molar-refractivity contribution in [1.82, 2.24) is 10.9 Å². The zero-order valence-electron chi connectivity index (χ0n) is 12.7. The van der Waals surface area contributed by atoms with Gasteiger partial charge in [0, 0.05) is 0 Å². The summed E-state index contributed by atoms with van der Waals surface area (Å²) in [5.41, 5.74) is 6.48. The van der Waals surface area contributed by atoms with Crippen LogP contribution in [0, 0.1) is 13.8 Å². The predicted molar refractivity (Wildman–Crippen MR) is 80.5 cm³/mol. The molecule has 2 amide bonds. The third-order valence-corrected chi connectivity index (χ3v) is 2.85. The van der Waals surface area contributed by atoms with E-state index in [1.165, 1.54) is 12.3 Å². The summed E-state index contributed by atoms with van der Waals surface area (Å²) in [5, 5.41) is 0. The van der Waals surface area contributed by atoms with Crippen LogP contribution in [0.4, 0.5) is 0 Å². The number of rotatable bonds is 4. The highest BCUT2D eigenvalue weighted by Gasteiger charge is 2.13. The summed E-state index contributed by atoms with van der Waals surface area (Å²) in [5.74, 6) is -1.83. The Balaban J connectivity index is 1.79. The molecule has 0 aliphatic carbocycles. The molecule has 0 saturated heterocycles. The average Bonchev–Trinajstić information content (AvgIpc) is 3.03. The zero-order valence-corrected chi connectivity index (χ0v) is 12.7. The minimum absolute atomic E-state index is 0.0533. The van der Waals surface area contributed by atoms with Crippen molar-refractivity contribution in [2.75, 3.05) is 6.61 Å². The van der Waals surface area contributed by atoms with E-state index in [0.29, 0.717) is 5.56 Å². The molecule has 23 heavy (non-hydrogen) atoms. The maximum atomic E-state index is 11.9. The molecule has 1 aromatic carbocycles. The summed E-state index contributed by atoms with van der Waals surface area (Å²) >= 11 is 0. The van der Waals surface area contributed by atoms with Crippen LogP contribution in [0.1, 0.15) is 32.0 Å². The number of aryl methyl sites for hydroxylation is 2. The first-order chi connectivity index (χ1) is 11.0. The predicted octanol–water partition coefficient (Wildman–Crippen LogP) is 1.51. The summed E-state index contributed by atoms with van der Waals surface area (Å²) in [6.45, 7) is 3.21. The van der Waals surface area contributed by atoms with Gasteiger partial charge >= 0.3 is 11.9 Å². The van der Waals surface area contributed by atoms with E-state index in [2.05, 4.69) is 10.9 Å². The largest absolute Gasteiger partial charge is 0.459 e. The standard InChI is InChI=1S/C16H16N2O5/c1-10-6-11(2)8-12(7-10)16(21)23-9-14(19)17-18-15(20)13-4-3-5-22-13/h3-8H,9H2,1-2H3,(H,17,19)(H,18,20). The number of nitrogens with one attached hydrogen (secondary N) is 2. The van der Waals surface area contributed by atoms with Gasteiger partial charge in [-0.05, 0) is 38.1 Å². The molecule has 0 bridgehead atoms. The molecule has 0 saturated carbocycles. The van der Waals surface area contributed by atoms with E-state index in [0.717, 1.165) is 11.1 Å². The van der Waals surface area contributed by atoms with Crippen LogP contribution in [0.5, 0.6) is 0 Å². The minimum Gasteiger partial charge on any atom is -0.459 e. The Labute approximate surface area is 132 Å². The zero-order chi connectivity index (χ0) is 16.8. The van der Waals surface area contributed by atoms with E-state index in [-0.39, 0.29) is 5.76 Å². The summed E-state index contributed by atoms with van der Waals surface area (Å²) in [6, 6.07) is 8.26. The molecule has 120 valence electrons. The number of hydrazine groups is 1. The molecule has 2 aromatic rings. The number of carbonyl (C=O) groups excluding carboxylic acids is 3. The molecule has 0 radical (unpaired) electrons. The van der Waals surface area contributed by atoms with Gasteiger partial charge in [0.05, 0.1) is 11.8 Å². The van der Waals surface area contributed by atoms with E-state index in [4.69, 9.17) is 9.15 Å². The molecule has 0 unspecified atom stereocenters. The van der Waals surface area contributed by atoms with Crippen LogP contribution in [0.3, 0.4) is 0 Å². The Morgan fingerprint density at radius 1 is 1.09 bits per heavy atom. The highest BCUT2D eigenvalue weighted by atomic mass is 16.5. The fraction of sp³-hybridized carbons (Fsp3) is 0.188. The molecule has 7 nitrogen and oxygen atoms in total. The second-order valence-electron chi connectivity index (χ2n) is 4.93. The Bertz CT molecular complexity index is 702. The highest BCUT2D eigenvalue weighted by molar-refractivity contribution is 5.94. The first-order valence-corrected chi connectivity index (χ1v) is 6.84. The van der Waals surface area contributed by atoms with Crippen molar-refractivity contribution < 1.29 is 23.5 Å². The van der Waals surface area contributed by atoms with Gasteiger partial charge in [0.2, 0.25) is 0 Å². The molecular weight excluding hydrogens is 300 g/mol. The Kier molecular flexibility index (Phi) is 5.14. The summed E-state index contributed by atoms with van der Waals surface area (Å²) < 4.78 is 9.75. The Morgan fingerprint density at radius 3 is 2.39 bits per heavy atom. The van der Waals surface area contributed by atoms with Crippen molar-refractivity contribution >= 4 is 17.8 Å². The number of carbonyl (C=O) groups is 3. The maximum absolute atomic E-state index is 11.9. The van der Waals surface area contributed by atoms with Crippen molar-refractivity contribution in [2.45, 2.75) is 13.8 Å². The summed E-state index contributed by atoms with van der Waals surface area (Å²) in [6.07, 6.45) is 1.34. The lowest BCUT2D eigenvalue weighted by atomic mass is 10.1. The Hall–Kier alpha value is -3.09. The highest BCUT2D eigenvalue weighted by Crippen LogP contribution is 2.10. The van der Waals surface area contributed by atoms with Crippen LogP contribution >= 0.6 is 0 Å². The van der Waals surface area contributed by atoms with Crippen molar-refractivity contribution in [1.29, 1.82) is 0 Å². The quantitative estimate of drug-likeness (QED) is 0.658. The van der Waals surface area contributed by atoms with Gasteiger partial charge in [-0.2, -0.15) is 0 Å². The van der Waals surface area contributed by atoms with E-state index < -0.39 is 24.4 Å². The van der Waals surface area contributed by atoms with Gasteiger partial charge in [-0.15, -0.1) is 0 Å². The molecule has 0 fully saturated rings. The normalized spacial score (nSPS) is 10.0. The lowest BCUT2D eigenvalue weighted by Crippen LogP contribution is -2.43. The fourth-order valence-corrected chi connectivity index (χ4v) is 1.94. The molecule has 1 heterocycles. The molecule has 0 spiro atoms. The van der Waals surface area contributed by atoms with Gasteiger partial charge in [-0.3, -0.25) is 20.4 Å². The van der Waals surface area contributed by atoms with Gasteiger partial charge < -0.3 is 9.15 Å². The number of amides is 2. The number of hydrogen-bond acceptors (Lipinski definition) is 5. The van der Waals surface area contributed by atoms with Gasteiger partial charge in [-0.1, -0.05) is 17.2 Å². The van der Waals surface area contributed by atoms with Gasteiger partial charge in [0.1, 0.15) is 0 Å². The third kappa shape index (κ3) is 4.70. The van der Waals surface area contributed by atoms with Gasteiger partial charge in [0.15, 0.2) is 12.4 Å². The number of ether oxygens (including phenoxy) is 1. The van der Waals surface area contributed by atoms with Crippen LogP contribution in [0.2, 0.25) is 0 Å². The number of furan rings is 1. The van der Waals surface area contributed by atoms with E-state index in [1.807, 2.05) is 19.9 Å². The van der Waals surface area contributed by atoms with Crippen molar-refractivity contribution in [3.8, 4) is 0 Å². The number of hydrogen-bond donors (Lipinski definition) is 2. The lowest BCUT2D eigenvalue weighted by molar-refractivity contribution is -0.125. The summed E-state index contributed by atoms with van der Waals surface area (Å²) in [4.78, 5) is 34.9. The first-order valence-electron chi connectivity index (χ1n) is 6.84. The van der Waals surface area contributed by atoms with Crippen LogP contribution in [0.25, 0.3) is 0 Å². The number of benzene rings is 1. The molecule has 0 aliphatic rings. The fourth-order valence-electron chi connectivity index (χ4n) is 1.94. The second kappa shape index (κ2) is 7.26. The number of esters is 1. The Morgan fingerprint density at radius 2 is 1.78 bits per heavy atom. The van der Waals surface area contributed by atoms with Gasteiger partial charge in [-0.25, -0.2) is 4.79 Å². The second-order valence-corrected chi connectivity index (χ2v) is 4.93. The third-order valence-electron chi connectivity index (χ3n) is 2.85. The van der Waals surface area contributed by atoms with Crippen LogP contribution in [0.15, 0.2) is 41.0 Å².